The minimum absolute atomic E-state index is 0.144. The number of carbonyl (C=O) groups is 4. The number of carbonyl (C=O) groups excluding carboxylic acids is 4. The van der Waals surface area contributed by atoms with Crippen molar-refractivity contribution in [2.24, 2.45) is 11.3 Å². The number of piperidine rings is 1. The summed E-state index contributed by atoms with van der Waals surface area (Å²) in [7, 11) is 6.16. The van der Waals surface area contributed by atoms with Crippen LogP contribution in [-0.2, 0) is 45.8 Å². The number of thiazole rings is 1. The number of amides is 1. The van der Waals surface area contributed by atoms with Crippen LogP contribution < -0.4 is 15.0 Å². The van der Waals surface area contributed by atoms with Gasteiger partial charge in [-0.3, -0.25) is 19.3 Å². The van der Waals surface area contributed by atoms with Crippen molar-refractivity contribution >= 4 is 62.0 Å². The van der Waals surface area contributed by atoms with Crippen LogP contribution in [0.3, 0.4) is 0 Å². The fourth-order valence-electron chi connectivity index (χ4n) is 15.0. The zero-order chi connectivity index (χ0) is 49.1. The number of aromatic amines is 1. The molecule has 16 heteroatoms. The van der Waals surface area contributed by atoms with Crippen molar-refractivity contribution in [2.45, 2.75) is 99.5 Å². The normalized spacial score (nSPS) is 33.0. The van der Waals surface area contributed by atoms with Crippen LogP contribution in [0.25, 0.3) is 21.1 Å². The summed E-state index contributed by atoms with van der Waals surface area (Å²) < 4.78 is 25.2. The van der Waals surface area contributed by atoms with Crippen molar-refractivity contribution in [1.29, 1.82) is 0 Å². The van der Waals surface area contributed by atoms with Crippen LogP contribution >= 0.6 is 11.3 Å². The van der Waals surface area contributed by atoms with Gasteiger partial charge in [0.1, 0.15) is 11.2 Å². The highest BCUT2D eigenvalue weighted by molar-refractivity contribution is 7.20. The van der Waals surface area contributed by atoms with Gasteiger partial charge in [-0.25, -0.2) is 9.78 Å². The lowest BCUT2D eigenvalue weighted by Gasteiger charge is -2.63. The first-order chi connectivity index (χ1) is 33.7. The van der Waals surface area contributed by atoms with Crippen molar-refractivity contribution in [3.63, 3.8) is 0 Å². The monoisotopic (exact) mass is 970 g/mol. The van der Waals surface area contributed by atoms with Gasteiger partial charge < -0.3 is 44.2 Å². The second-order valence-electron chi connectivity index (χ2n) is 20.7. The quantitative estimate of drug-likeness (QED) is 0.0887. The zero-order valence-electron chi connectivity index (χ0n) is 40.9. The molecular formula is C54H62N6O9S. The van der Waals surface area contributed by atoms with E-state index < -0.39 is 57.4 Å². The van der Waals surface area contributed by atoms with Crippen molar-refractivity contribution in [3.8, 4) is 5.75 Å². The Kier molecular flexibility index (Phi) is 11.1. The maximum absolute atomic E-state index is 15.8. The molecule has 5 aromatic rings. The van der Waals surface area contributed by atoms with Gasteiger partial charge in [0.15, 0.2) is 11.1 Å². The highest BCUT2D eigenvalue weighted by Crippen LogP contribution is 2.68. The fraction of sp³-hybridized carbons (Fsp3) is 0.500. The van der Waals surface area contributed by atoms with Gasteiger partial charge in [-0.05, 0) is 86.4 Å². The Morgan fingerprint density at radius 3 is 2.44 bits per heavy atom. The molecule has 5 aliphatic heterocycles. The van der Waals surface area contributed by atoms with Gasteiger partial charge in [0, 0.05) is 90.9 Å². The number of anilines is 1. The lowest BCUT2D eigenvalue weighted by Crippen LogP contribution is -2.81. The molecule has 70 heavy (non-hydrogen) atoms. The molecular weight excluding hydrogens is 909 g/mol. The van der Waals surface area contributed by atoms with Crippen LogP contribution in [0.5, 0.6) is 5.75 Å². The molecule has 3 fully saturated rings. The maximum Gasteiger partial charge on any atom is 0.344 e. The fourth-order valence-corrected chi connectivity index (χ4v) is 15.8. The molecule has 2 saturated heterocycles. The van der Waals surface area contributed by atoms with Gasteiger partial charge in [-0.1, -0.05) is 56.3 Å². The molecule has 6 aliphatic rings. The Morgan fingerprint density at radius 1 is 0.943 bits per heavy atom. The molecule has 2 aromatic heterocycles. The lowest BCUT2D eigenvalue weighted by atomic mass is 9.47. The Bertz CT molecular complexity index is 2970. The number of aliphatic hydroxyl groups is 1. The third kappa shape index (κ3) is 6.30. The standard InChI is InChI=1S/C54H62N6O9S/c1-8-50(57-43(62)44-56-38-17-12-13-18-41(38)70-44)27-32-28-53(48(63)67-6,42-34(19-23-59(29-32)30-50)33-15-10-11-16-37(33)55-42)36-25-35-39(26-40(36)66-5)58(4)46-52(35)21-24-60-22-14-20-51(9-2,45(52)60)47(69-31(3)61)54(46,65)49(64)68-7/h10-18,20,25-26,32,45-47,55,65H,8-9,19,21-24,27-30H2,1-7H3,(H,57,62)/t32-,45+,46-,47-,50+,51-,52-,53+,54+/m1/s1. The van der Waals surface area contributed by atoms with Crippen LogP contribution in [0, 0.1) is 11.3 Å². The van der Waals surface area contributed by atoms with Gasteiger partial charge >= 0.3 is 17.9 Å². The molecule has 2 bridgehead atoms. The molecule has 15 nitrogen and oxygen atoms in total. The smallest absolute Gasteiger partial charge is 0.344 e. The van der Waals surface area contributed by atoms with Crippen LogP contribution in [-0.4, -0.2) is 139 Å². The van der Waals surface area contributed by atoms with E-state index in [4.69, 9.17) is 23.9 Å². The summed E-state index contributed by atoms with van der Waals surface area (Å²) in [6.07, 6.45) is 5.94. The number of hydrogen-bond acceptors (Lipinski definition) is 14. The number of nitrogens with one attached hydrogen (secondary N) is 2. The molecule has 1 saturated carbocycles. The molecule has 1 unspecified atom stereocenters. The second-order valence-corrected chi connectivity index (χ2v) is 21.7. The predicted molar refractivity (Wildman–Crippen MR) is 265 cm³/mol. The average molecular weight is 971 g/mol. The average Bonchev–Trinajstić information content (AvgIpc) is 4.15. The Labute approximate surface area is 411 Å². The maximum atomic E-state index is 15.8. The van der Waals surface area contributed by atoms with Gasteiger partial charge in [0.25, 0.3) is 5.91 Å². The van der Waals surface area contributed by atoms with Gasteiger partial charge in [-0.15, -0.1) is 11.3 Å². The molecule has 0 radical (unpaired) electrons. The number of para-hydroxylation sites is 2. The summed E-state index contributed by atoms with van der Waals surface area (Å²) in [5.41, 5.74) is -0.849. The lowest BCUT2D eigenvalue weighted by molar-refractivity contribution is -0.228. The van der Waals surface area contributed by atoms with Crippen LogP contribution in [0.2, 0.25) is 0 Å². The van der Waals surface area contributed by atoms with Crippen molar-refractivity contribution in [2.75, 3.05) is 66.0 Å². The number of methoxy groups -OCH3 is 3. The summed E-state index contributed by atoms with van der Waals surface area (Å²) in [6, 6.07) is 18.7. The van der Waals surface area contributed by atoms with Gasteiger partial charge in [0.05, 0.1) is 43.1 Å². The van der Waals surface area contributed by atoms with E-state index in [9.17, 15) is 19.5 Å². The number of H-pyrrole nitrogens is 1. The highest BCUT2D eigenvalue weighted by Gasteiger charge is 2.80. The third-order valence-corrected chi connectivity index (χ3v) is 18.5. The molecule has 7 heterocycles. The summed E-state index contributed by atoms with van der Waals surface area (Å²) in [5.74, 6) is -1.88. The van der Waals surface area contributed by atoms with Crippen molar-refractivity contribution in [1.82, 2.24) is 25.1 Å². The van der Waals surface area contributed by atoms with E-state index >= 15 is 4.79 Å². The summed E-state index contributed by atoms with van der Waals surface area (Å²) in [6.45, 7) is 8.68. The highest BCUT2D eigenvalue weighted by atomic mass is 32.1. The molecule has 368 valence electrons. The largest absolute Gasteiger partial charge is 0.496 e. The van der Waals surface area contributed by atoms with E-state index in [2.05, 4.69) is 51.3 Å². The van der Waals surface area contributed by atoms with E-state index in [0.717, 1.165) is 43.6 Å². The first-order valence-corrected chi connectivity index (χ1v) is 25.4. The molecule has 11 rings (SSSR count). The minimum Gasteiger partial charge on any atom is -0.496 e. The molecule has 1 spiro atoms. The molecule has 1 aliphatic carbocycles. The number of benzene rings is 3. The Balaban J connectivity index is 1.13. The summed E-state index contributed by atoms with van der Waals surface area (Å²) in [4.78, 5) is 73.1. The number of hydrogen-bond donors (Lipinski definition) is 3. The predicted octanol–water partition coefficient (Wildman–Crippen LogP) is 6.04. The number of fused-ring (bicyclic) bond motifs is 7. The Morgan fingerprint density at radius 2 is 1.71 bits per heavy atom. The number of aromatic nitrogens is 2. The van der Waals surface area contributed by atoms with Gasteiger partial charge in [0.2, 0.25) is 5.60 Å². The number of ether oxygens (including phenoxy) is 4. The Hall–Kier alpha value is -5.81. The number of likely N-dealkylation sites (N-methyl/N-ethyl adjacent to an activating group) is 1. The molecule has 3 aromatic carbocycles. The second kappa shape index (κ2) is 16.6. The molecule has 10 atom stereocenters. The molecule has 1 amide bonds. The van der Waals surface area contributed by atoms with E-state index in [1.54, 1.807) is 7.11 Å². The van der Waals surface area contributed by atoms with E-state index in [1.807, 2.05) is 67.4 Å². The minimum atomic E-state index is -2.33. The number of nitrogens with zero attached hydrogens (tertiary/aromatic N) is 4. The van der Waals surface area contributed by atoms with Crippen LogP contribution in [0.4, 0.5) is 5.69 Å². The number of rotatable bonds is 9. The van der Waals surface area contributed by atoms with E-state index in [0.29, 0.717) is 87.6 Å². The van der Waals surface area contributed by atoms with Crippen molar-refractivity contribution in [3.05, 3.63) is 100 Å². The topological polar surface area (TPSA) is 176 Å². The zero-order valence-corrected chi connectivity index (χ0v) is 41.7. The first kappa shape index (κ1) is 46.6. The molecule has 3 N–H and O–H groups in total. The third-order valence-electron chi connectivity index (χ3n) is 17.5. The van der Waals surface area contributed by atoms with Crippen molar-refractivity contribution < 1.29 is 43.2 Å². The first-order valence-electron chi connectivity index (χ1n) is 24.6. The number of esters is 3. The summed E-state index contributed by atoms with van der Waals surface area (Å²) in [5, 5.41) is 18.4. The SMILES string of the molecule is CC[C@]1(NC(=O)c2nc3ccccc3s2)C[C@H]2CN(CCc3c([nH]c4ccccc34)[C@@](C(=O)OC)(c3cc4c(cc3OC)N(C)[C@H]3[C@@](O)(C(=O)OC)[C@H](OC(C)=O)[C@]5(CC)C=CCN6CC[C@]43[C@@H]65)C2)C1. The van der Waals surface area contributed by atoms with Gasteiger partial charge in [-0.2, -0.15) is 0 Å². The van der Waals surface area contributed by atoms with Crippen LogP contribution in [0.1, 0.15) is 85.1 Å². The van der Waals surface area contributed by atoms with E-state index in [-0.39, 0.29) is 17.9 Å². The van der Waals surface area contributed by atoms with E-state index in [1.165, 1.54) is 32.5 Å². The van der Waals surface area contributed by atoms with Crippen LogP contribution in [0.15, 0.2) is 72.8 Å². The summed E-state index contributed by atoms with van der Waals surface area (Å²) >= 11 is 1.38.